The van der Waals surface area contributed by atoms with Crippen molar-refractivity contribution in [3.63, 3.8) is 0 Å². The van der Waals surface area contributed by atoms with Crippen LogP contribution in [0.25, 0.3) is 6.08 Å². The van der Waals surface area contributed by atoms with Crippen molar-refractivity contribution in [2.75, 3.05) is 12.3 Å². The molecule has 0 unspecified atom stereocenters. The van der Waals surface area contributed by atoms with Gasteiger partial charge >= 0.3 is 0 Å². The second kappa shape index (κ2) is 10.4. The van der Waals surface area contributed by atoms with Crippen LogP contribution in [-0.4, -0.2) is 12.3 Å². The van der Waals surface area contributed by atoms with E-state index < -0.39 is 0 Å². The van der Waals surface area contributed by atoms with Gasteiger partial charge in [-0.1, -0.05) is 52.0 Å². The van der Waals surface area contributed by atoms with Gasteiger partial charge in [-0.25, -0.2) is 0 Å². The second-order valence-electron chi connectivity index (χ2n) is 4.37. The lowest BCUT2D eigenvalue weighted by Gasteiger charge is -1.98. The minimum Gasteiger partial charge on any atom is -0.327 e. The Bertz CT molecular complexity index is 298. The average Bonchev–Trinajstić information content (AvgIpc) is 2.28. The molecule has 0 heterocycles. The highest BCUT2D eigenvalue weighted by Crippen LogP contribution is 2.17. The molecule has 1 nitrogen and oxygen atoms in total. The van der Waals surface area contributed by atoms with E-state index in [1.54, 1.807) is 0 Å². The van der Waals surface area contributed by atoms with Gasteiger partial charge in [0, 0.05) is 11.4 Å². The van der Waals surface area contributed by atoms with E-state index in [1.807, 2.05) is 23.9 Å². The summed E-state index contributed by atoms with van der Waals surface area (Å²) in [7, 11) is 0. The number of hydrogen-bond donors (Lipinski definition) is 1. The van der Waals surface area contributed by atoms with Crippen molar-refractivity contribution >= 4 is 17.8 Å². The highest BCUT2D eigenvalue weighted by Gasteiger charge is 1.90. The number of nitrogens with two attached hydrogens (primary N) is 1. The third-order valence-corrected chi connectivity index (χ3v) is 2.53. The molecule has 0 saturated heterocycles. The zero-order valence-electron chi connectivity index (χ0n) is 11.4. The van der Waals surface area contributed by atoms with Crippen molar-refractivity contribution in [3.05, 3.63) is 35.9 Å². The van der Waals surface area contributed by atoms with Crippen molar-refractivity contribution in [3.8, 4) is 0 Å². The maximum absolute atomic E-state index is 5.36. The molecule has 0 spiro atoms. The molecule has 96 valence electrons. The van der Waals surface area contributed by atoms with E-state index in [0.717, 1.165) is 11.7 Å². The monoisotopic (exact) mass is 251 g/mol. The SMILES string of the molecule is CC(C)C.CCSc1ccc(/C=C/CN)cc1. The van der Waals surface area contributed by atoms with Crippen LogP contribution in [0.2, 0.25) is 0 Å². The van der Waals surface area contributed by atoms with Crippen LogP contribution >= 0.6 is 11.8 Å². The lowest BCUT2D eigenvalue weighted by atomic mass is 10.2. The summed E-state index contributed by atoms with van der Waals surface area (Å²) in [5, 5.41) is 0. The quantitative estimate of drug-likeness (QED) is 0.801. The van der Waals surface area contributed by atoms with Crippen LogP contribution in [0.4, 0.5) is 0 Å². The largest absolute Gasteiger partial charge is 0.327 e. The van der Waals surface area contributed by atoms with Crippen LogP contribution < -0.4 is 5.73 Å². The molecule has 0 aromatic heterocycles. The van der Waals surface area contributed by atoms with E-state index in [2.05, 4.69) is 52.0 Å². The van der Waals surface area contributed by atoms with Gasteiger partial charge in [-0.2, -0.15) is 0 Å². The smallest absolute Gasteiger partial charge is 0.0110 e. The van der Waals surface area contributed by atoms with E-state index in [-0.39, 0.29) is 0 Å². The molecule has 0 saturated carbocycles. The lowest BCUT2D eigenvalue weighted by molar-refractivity contribution is 0.737. The third kappa shape index (κ3) is 10.2. The van der Waals surface area contributed by atoms with Gasteiger partial charge in [-0.15, -0.1) is 11.8 Å². The summed E-state index contributed by atoms with van der Waals surface area (Å²) in [6.07, 6.45) is 4.00. The molecule has 2 heteroatoms. The predicted molar refractivity (Wildman–Crippen MR) is 81.4 cm³/mol. The van der Waals surface area contributed by atoms with Crippen LogP contribution in [0.5, 0.6) is 0 Å². The first-order chi connectivity index (χ1) is 8.10. The van der Waals surface area contributed by atoms with E-state index >= 15 is 0 Å². The summed E-state index contributed by atoms with van der Waals surface area (Å²) in [5.41, 5.74) is 6.58. The maximum Gasteiger partial charge on any atom is 0.0110 e. The first kappa shape index (κ1) is 16.3. The minimum absolute atomic E-state index is 0.603. The number of thioether (sulfide) groups is 1. The topological polar surface area (TPSA) is 26.0 Å². The summed E-state index contributed by atoms with van der Waals surface area (Å²) < 4.78 is 0. The molecule has 0 amide bonds. The fourth-order valence-electron chi connectivity index (χ4n) is 1.05. The Morgan fingerprint density at radius 3 is 2.12 bits per heavy atom. The first-order valence-electron chi connectivity index (χ1n) is 6.19. The summed E-state index contributed by atoms with van der Waals surface area (Å²) in [6, 6.07) is 8.52. The molecule has 1 aromatic carbocycles. The van der Waals surface area contributed by atoms with E-state index in [9.17, 15) is 0 Å². The molecule has 1 rings (SSSR count). The first-order valence-corrected chi connectivity index (χ1v) is 7.18. The van der Waals surface area contributed by atoms with Crippen LogP contribution in [0.15, 0.2) is 35.2 Å². The summed E-state index contributed by atoms with van der Waals surface area (Å²) in [6.45, 7) is 9.26. The standard InChI is InChI=1S/C11H15NS.C4H10/c1-2-13-11-7-5-10(6-8-11)4-3-9-12;1-4(2)3/h3-8H,2,9,12H2,1H3;4H,1-3H3/b4-3+;. The van der Waals surface area contributed by atoms with Gasteiger partial charge in [0.1, 0.15) is 0 Å². The molecule has 1 aromatic rings. The van der Waals surface area contributed by atoms with E-state index in [0.29, 0.717) is 6.54 Å². The Labute approximate surface area is 110 Å². The molecule has 0 bridgehead atoms. The Kier molecular flexibility index (Phi) is 9.98. The molecule has 17 heavy (non-hydrogen) atoms. The maximum atomic E-state index is 5.36. The van der Waals surface area contributed by atoms with Gasteiger partial charge < -0.3 is 5.73 Å². The van der Waals surface area contributed by atoms with Crippen molar-refractivity contribution in [2.45, 2.75) is 32.6 Å². The molecule has 0 fully saturated rings. The molecule has 2 N–H and O–H groups in total. The minimum atomic E-state index is 0.603. The fraction of sp³-hybridized carbons (Fsp3) is 0.467. The molecular formula is C15H25NS. The Morgan fingerprint density at radius 2 is 1.71 bits per heavy atom. The third-order valence-electron chi connectivity index (χ3n) is 1.64. The Balaban J connectivity index is 0.000000557. The van der Waals surface area contributed by atoms with Crippen LogP contribution in [0.3, 0.4) is 0 Å². The molecule has 0 atom stereocenters. The predicted octanol–water partition coefficient (Wildman–Crippen LogP) is 4.43. The fourth-order valence-corrected chi connectivity index (χ4v) is 1.71. The summed E-state index contributed by atoms with van der Waals surface area (Å²) in [4.78, 5) is 1.33. The van der Waals surface area contributed by atoms with Gasteiger partial charge in [0.15, 0.2) is 0 Å². The number of benzene rings is 1. The van der Waals surface area contributed by atoms with E-state index in [4.69, 9.17) is 5.73 Å². The van der Waals surface area contributed by atoms with Crippen molar-refractivity contribution < 1.29 is 0 Å². The van der Waals surface area contributed by atoms with Crippen molar-refractivity contribution in [1.29, 1.82) is 0 Å². The van der Waals surface area contributed by atoms with Crippen molar-refractivity contribution in [1.82, 2.24) is 0 Å². The molecule has 0 aliphatic carbocycles. The number of rotatable bonds is 4. The van der Waals surface area contributed by atoms with Gasteiger partial charge in [-0.05, 0) is 29.4 Å². The Morgan fingerprint density at radius 1 is 1.18 bits per heavy atom. The summed E-state index contributed by atoms with van der Waals surface area (Å²) >= 11 is 1.86. The lowest BCUT2D eigenvalue weighted by Crippen LogP contribution is -1.91. The second-order valence-corrected chi connectivity index (χ2v) is 5.71. The number of hydrogen-bond acceptors (Lipinski definition) is 2. The summed E-state index contributed by atoms with van der Waals surface area (Å²) in [5.74, 6) is 1.96. The zero-order chi connectivity index (χ0) is 13.1. The average molecular weight is 251 g/mol. The van der Waals surface area contributed by atoms with Crippen LogP contribution in [-0.2, 0) is 0 Å². The highest BCUT2D eigenvalue weighted by molar-refractivity contribution is 7.99. The molecular weight excluding hydrogens is 226 g/mol. The van der Waals surface area contributed by atoms with Crippen molar-refractivity contribution in [2.24, 2.45) is 11.7 Å². The van der Waals surface area contributed by atoms with Crippen LogP contribution in [0.1, 0.15) is 33.3 Å². The van der Waals surface area contributed by atoms with Gasteiger partial charge in [0.25, 0.3) is 0 Å². The molecule has 0 aliphatic rings. The van der Waals surface area contributed by atoms with Crippen LogP contribution in [0, 0.1) is 5.92 Å². The van der Waals surface area contributed by atoms with Gasteiger partial charge in [-0.3, -0.25) is 0 Å². The van der Waals surface area contributed by atoms with E-state index in [1.165, 1.54) is 10.5 Å². The zero-order valence-corrected chi connectivity index (χ0v) is 12.3. The normalized spacial score (nSPS) is 10.5. The Hall–Kier alpha value is -0.730. The molecule has 0 radical (unpaired) electrons. The highest BCUT2D eigenvalue weighted by atomic mass is 32.2. The molecule has 0 aliphatic heterocycles. The van der Waals surface area contributed by atoms with Gasteiger partial charge in [0.2, 0.25) is 0 Å². The van der Waals surface area contributed by atoms with Gasteiger partial charge in [0.05, 0.1) is 0 Å².